The minimum absolute atomic E-state index is 0.853. The second-order valence-electron chi connectivity index (χ2n) is 4.61. The van der Waals surface area contributed by atoms with Crippen molar-refractivity contribution in [1.29, 1.82) is 0 Å². The summed E-state index contributed by atoms with van der Waals surface area (Å²) in [7, 11) is 0. The average Bonchev–Trinajstić information content (AvgIpc) is 2.99. The van der Waals surface area contributed by atoms with Gasteiger partial charge in [0.15, 0.2) is 0 Å². The highest BCUT2D eigenvalue weighted by Gasteiger charge is 2.05. The van der Waals surface area contributed by atoms with Gasteiger partial charge in [0, 0.05) is 34.0 Å². The van der Waals surface area contributed by atoms with E-state index in [1.807, 2.05) is 23.6 Å². The Labute approximate surface area is 131 Å². The topological polar surface area (TPSA) is 24.9 Å². The normalized spacial score (nSPS) is 11.1. The lowest BCUT2D eigenvalue weighted by Crippen LogP contribution is -2.16. The number of aromatic nitrogens is 1. The van der Waals surface area contributed by atoms with Crippen LogP contribution in [0.25, 0.3) is 10.9 Å². The Balaban J connectivity index is 1.67. The first-order valence-electron chi connectivity index (χ1n) is 6.60. The summed E-state index contributed by atoms with van der Waals surface area (Å²) in [5, 5.41) is 6.80. The quantitative estimate of drug-likeness (QED) is 0.693. The molecule has 1 aromatic carbocycles. The van der Waals surface area contributed by atoms with E-state index in [9.17, 15) is 0 Å². The lowest BCUT2D eigenvalue weighted by Gasteiger charge is -2.08. The predicted molar refractivity (Wildman–Crippen MR) is 89.2 cm³/mol. The van der Waals surface area contributed by atoms with Crippen LogP contribution in [0, 0.1) is 0 Å². The van der Waals surface area contributed by atoms with Gasteiger partial charge in [-0.25, -0.2) is 0 Å². The second-order valence-corrected chi connectivity index (χ2v) is 6.50. The molecule has 0 radical (unpaired) electrons. The fraction of sp³-hybridized carbons (Fsp3) is 0.188. The van der Waals surface area contributed by atoms with Gasteiger partial charge in [0.25, 0.3) is 0 Å². The van der Waals surface area contributed by atoms with Crippen molar-refractivity contribution in [1.82, 2.24) is 10.3 Å². The smallest absolute Gasteiger partial charge is 0.0758 e. The molecule has 2 heterocycles. The first-order valence-corrected chi connectivity index (χ1v) is 8.27. The number of halogens is 1. The maximum atomic E-state index is 4.50. The molecule has 2 nitrogen and oxygen atoms in total. The number of thiophene rings is 1. The summed E-state index contributed by atoms with van der Waals surface area (Å²) in [5.41, 5.74) is 2.32. The zero-order valence-electron chi connectivity index (χ0n) is 11.0. The lowest BCUT2D eigenvalue weighted by atomic mass is 10.1. The Kier molecular flexibility index (Phi) is 4.45. The number of fused-ring (bicyclic) bond motifs is 1. The molecule has 3 rings (SSSR count). The van der Waals surface area contributed by atoms with Crippen molar-refractivity contribution in [2.75, 3.05) is 6.54 Å². The summed E-state index contributed by atoms with van der Waals surface area (Å²) >= 11 is 5.40. The van der Waals surface area contributed by atoms with Crippen molar-refractivity contribution >= 4 is 38.2 Å². The molecular weight excluding hydrogens is 332 g/mol. The molecule has 0 saturated heterocycles. The highest BCUT2D eigenvalue weighted by molar-refractivity contribution is 9.10. The van der Waals surface area contributed by atoms with E-state index in [2.05, 4.69) is 61.9 Å². The largest absolute Gasteiger partial charge is 0.312 e. The van der Waals surface area contributed by atoms with E-state index in [1.54, 1.807) is 0 Å². The summed E-state index contributed by atoms with van der Waals surface area (Å²) in [5.74, 6) is 0. The van der Waals surface area contributed by atoms with Gasteiger partial charge in [0.05, 0.1) is 5.52 Å². The van der Waals surface area contributed by atoms with Crippen LogP contribution in [0.3, 0.4) is 0 Å². The SMILES string of the molecule is Brc1ccc(CNCCc2cccs2)c2ncccc12. The van der Waals surface area contributed by atoms with Gasteiger partial charge in [-0.2, -0.15) is 0 Å². The Morgan fingerprint density at radius 2 is 2.10 bits per heavy atom. The van der Waals surface area contributed by atoms with Gasteiger partial charge in [-0.15, -0.1) is 11.3 Å². The molecule has 4 heteroatoms. The van der Waals surface area contributed by atoms with Crippen LogP contribution in [0.15, 0.2) is 52.4 Å². The van der Waals surface area contributed by atoms with Gasteiger partial charge in [-0.3, -0.25) is 4.98 Å². The molecule has 0 aliphatic carbocycles. The van der Waals surface area contributed by atoms with Gasteiger partial charge in [-0.05, 0) is 35.6 Å². The molecule has 3 aromatic rings. The van der Waals surface area contributed by atoms with E-state index in [4.69, 9.17) is 0 Å². The van der Waals surface area contributed by atoms with E-state index < -0.39 is 0 Å². The van der Waals surface area contributed by atoms with E-state index in [0.29, 0.717) is 0 Å². The summed E-state index contributed by atoms with van der Waals surface area (Å²) in [4.78, 5) is 5.93. The molecule has 20 heavy (non-hydrogen) atoms. The van der Waals surface area contributed by atoms with Crippen molar-refractivity contribution in [2.45, 2.75) is 13.0 Å². The van der Waals surface area contributed by atoms with Crippen molar-refractivity contribution in [3.8, 4) is 0 Å². The molecule has 102 valence electrons. The van der Waals surface area contributed by atoms with Crippen LogP contribution >= 0.6 is 27.3 Å². The molecule has 0 amide bonds. The van der Waals surface area contributed by atoms with E-state index in [1.165, 1.54) is 15.8 Å². The summed E-state index contributed by atoms with van der Waals surface area (Å²) in [6, 6.07) is 12.6. The Hall–Kier alpha value is -1.23. The molecule has 0 aliphatic heterocycles. The van der Waals surface area contributed by atoms with Crippen molar-refractivity contribution in [3.63, 3.8) is 0 Å². The maximum absolute atomic E-state index is 4.50. The van der Waals surface area contributed by atoms with Crippen LogP contribution in [0.4, 0.5) is 0 Å². The van der Waals surface area contributed by atoms with Gasteiger partial charge < -0.3 is 5.32 Å². The van der Waals surface area contributed by atoms with Crippen molar-refractivity contribution < 1.29 is 0 Å². The fourth-order valence-electron chi connectivity index (χ4n) is 2.23. The lowest BCUT2D eigenvalue weighted by molar-refractivity contribution is 0.693. The highest BCUT2D eigenvalue weighted by atomic mass is 79.9. The van der Waals surface area contributed by atoms with Gasteiger partial charge in [0.2, 0.25) is 0 Å². The summed E-state index contributed by atoms with van der Waals surface area (Å²) < 4.78 is 1.10. The number of nitrogens with zero attached hydrogens (tertiary/aromatic N) is 1. The number of rotatable bonds is 5. The molecule has 0 spiro atoms. The van der Waals surface area contributed by atoms with Crippen LogP contribution in [-0.4, -0.2) is 11.5 Å². The van der Waals surface area contributed by atoms with Gasteiger partial charge in [0.1, 0.15) is 0 Å². The van der Waals surface area contributed by atoms with E-state index in [-0.39, 0.29) is 0 Å². The number of pyridine rings is 1. The first kappa shape index (κ1) is 13.7. The predicted octanol–water partition coefficient (Wildman–Crippen LogP) is 4.39. The monoisotopic (exact) mass is 346 g/mol. The molecule has 0 unspecified atom stereocenters. The van der Waals surface area contributed by atoms with Crippen LogP contribution in [0.2, 0.25) is 0 Å². The third kappa shape index (κ3) is 3.08. The van der Waals surface area contributed by atoms with Crippen LogP contribution in [0.5, 0.6) is 0 Å². The summed E-state index contributed by atoms with van der Waals surface area (Å²) in [6.45, 7) is 1.84. The Morgan fingerprint density at radius 3 is 2.95 bits per heavy atom. The summed E-state index contributed by atoms with van der Waals surface area (Å²) in [6.07, 6.45) is 2.93. The van der Waals surface area contributed by atoms with Crippen LogP contribution in [0.1, 0.15) is 10.4 Å². The zero-order chi connectivity index (χ0) is 13.8. The van der Waals surface area contributed by atoms with Gasteiger partial charge >= 0.3 is 0 Å². The number of benzene rings is 1. The third-order valence-corrected chi connectivity index (χ3v) is 4.87. The van der Waals surface area contributed by atoms with E-state index >= 15 is 0 Å². The third-order valence-electron chi connectivity index (χ3n) is 3.24. The maximum Gasteiger partial charge on any atom is 0.0758 e. The standard InChI is InChI=1S/C16H15BrN2S/c17-15-6-5-12(16-14(15)4-1-8-19-16)11-18-9-7-13-3-2-10-20-13/h1-6,8,10,18H,7,9,11H2. The number of hydrogen-bond acceptors (Lipinski definition) is 3. The van der Waals surface area contributed by atoms with Crippen molar-refractivity contribution in [2.24, 2.45) is 0 Å². The van der Waals surface area contributed by atoms with Crippen LogP contribution in [-0.2, 0) is 13.0 Å². The average molecular weight is 347 g/mol. The molecule has 0 aliphatic rings. The van der Waals surface area contributed by atoms with Gasteiger partial charge in [-0.1, -0.05) is 34.1 Å². The number of hydrogen-bond donors (Lipinski definition) is 1. The molecule has 0 saturated carbocycles. The Bertz CT molecular complexity index is 695. The van der Waals surface area contributed by atoms with E-state index in [0.717, 1.165) is 29.5 Å². The fourth-order valence-corrected chi connectivity index (χ4v) is 3.39. The van der Waals surface area contributed by atoms with Crippen LogP contribution < -0.4 is 5.32 Å². The minimum atomic E-state index is 0.853. The highest BCUT2D eigenvalue weighted by Crippen LogP contribution is 2.25. The second kappa shape index (κ2) is 6.48. The molecular formula is C16H15BrN2S. The Morgan fingerprint density at radius 1 is 1.15 bits per heavy atom. The minimum Gasteiger partial charge on any atom is -0.312 e. The zero-order valence-corrected chi connectivity index (χ0v) is 13.4. The first-order chi connectivity index (χ1) is 9.84. The molecule has 0 bridgehead atoms. The molecule has 2 aromatic heterocycles. The van der Waals surface area contributed by atoms with Crippen molar-refractivity contribution in [3.05, 3.63) is 62.9 Å². The molecule has 1 N–H and O–H groups in total. The number of nitrogens with one attached hydrogen (secondary N) is 1. The molecule has 0 fully saturated rings. The molecule has 0 atom stereocenters.